The molecule has 1 aromatic rings. The summed E-state index contributed by atoms with van der Waals surface area (Å²) in [7, 11) is 0. The molecule has 0 unspecified atom stereocenters. The van der Waals surface area contributed by atoms with Crippen molar-refractivity contribution in [2.24, 2.45) is 0 Å². The summed E-state index contributed by atoms with van der Waals surface area (Å²) in [5.74, 6) is 0. The van der Waals surface area contributed by atoms with Gasteiger partial charge in [-0.05, 0) is 26.8 Å². The zero-order valence-corrected chi connectivity index (χ0v) is 7.53. The Bertz CT molecular complexity index is 335. The highest BCUT2D eigenvalue weighted by molar-refractivity contribution is 5.32. The first kappa shape index (κ1) is 8.77. The van der Waals surface area contributed by atoms with E-state index in [2.05, 4.69) is 5.10 Å². The van der Waals surface area contributed by atoms with Crippen LogP contribution in [0.1, 0.15) is 20.8 Å². The predicted molar refractivity (Wildman–Crippen MR) is 47.9 cm³/mol. The first-order valence-electron chi connectivity index (χ1n) is 3.77. The second kappa shape index (κ2) is 2.62. The van der Waals surface area contributed by atoms with Gasteiger partial charge >= 0.3 is 0 Å². The maximum absolute atomic E-state index is 11.4. The number of rotatable bonds is 0. The van der Waals surface area contributed by atoms with Crippen LogP contribution in [0.2, 0.25) is 0 Å². The molecule has 0 aliphatic rings. The molecule has 0 amide bonds. The van der Waals surface area contributed by atoms with Gasteiger partial charge in [0.25, 0.3) is 5.56 Å². The molecule has 0 atom stereocenters. The maximum atomic E-state index is 11.4. The van der Waals surface area contributed by atoms with E-state index in [0.29, 0.717) is 0 Å². The Balaban J connectivity index is 3.37. The van der Waals surface area contributed by atoms with Crippen LogP contribution in [0.4, 0.5) is 5.69 Å². The van der Waals surface area contributed by atoms with Gasteiger partial charge in [-0.3, -0.25) is 4.79 Å². The lowest BCUT2D eigenvalue weighted by Gasteiger charge is -2.20. The van der Waals surface area contributed by atoms with Gasteiger partial charge in [-0.2, -0.15) is 5.10 Å². The molecule has 0 bridgehead atoms. The van der Waals surface area contributed by atoms with Crippen LogP contribution in [0.3, 0.4) is 0 Å². The normalized spacial score (nSPS) is 11.6. The summed E-state index contributed by atoms with van der Waals surface area (Å²) in [6.07, 6.45) is 1.53. The molecular formula is C8H13N3O. The molecule has 1 heterocycles. The zero-order valence-electron chi connectivity index (χ0n) is 7.53. The van der Waals surface area contributed by atoms with Crippen LogP contribution in [0, 0.1) is 0 Å². The number of aromatic nitrogens is 2. The number of nitrogens with zero attached hydrogens (tertiary/aromatic N) is 2. The molecule has 2 N–H and O–H groups in total. The molecule has 0 aliphatic heterocycles. The quantitative estimate of drug-likeness (QED) is 0.614. The minimum absolute atomic E-state index is 0.231. The minimum atomic E-state index is -0.313. The van der Waals surface area contributed by atoms with E-state index >= 15 is 0 Å². The van der Waals surface area contributed by atoms with Crippen LogP contribution in [-0.2, 0) is 5.54 Å². The van der Waals surface area contributed by atoms with Crippen molar-refractivity contribution in [1.29, 1.82) is 0 Å². The summed E-state index contributed by atoms with van der Waals surface area (Å²) in [5.41, 5.74) is 5.14. The molecule has 0 saturated carbocycles. The second-order valence-corrected chi connectivity index (χ2v) is 3.67. The number of nitrogen functional groups attached to an aromatic ring is 1. The van der Waals surface area contributed by atoms with Gasteiger partial charge in [-0.25, -0.2) is 4.68 Å². The van der Waals surface area contributed by atoms with Gasteiger partial charge in [-0.1, -0.05) is 0 Å². The summed E-state index contributed by atoms with van der Waals surface area (Å²) >= 11 is 0. The van der Waals surface area contributed by atoms with Crippen molar-refractivity contribution >= 4 is 5.69 Å². The molecular weight excluding hydrogens is 154 g/mol. The van der Waals surface area contributed by atoms with E-state index in [0.717, 1.165) is 0 Å². The summed E-state index contributed by atoms with van der Waals surface area (Å²) in [5, 5.41) is 3.93. The fourth-order valence-electron chi connectivity index (χ4n) is 0.904. The number of nitrogens with two attached hydrogens (primary N) is 1. The van der Waals surface area contributed by atoms with E-state index in [1.807, 2.05) is 20.8 Å². The van der Waals surface area contributed by atoms with Crippen LogP contribution in [0.15, 0.2) is 17.1 Å². The first-order valence-corrected chi connectivity index (χ1v) is 3.77. The van der Waals surface area contributed by atoms with Gasteiger partial charge in [0.2, 0.25) is 0 Å². The number of hydrogen-bond acceptors (Lipinski definition) is 3. The van der Waals surface area contributed by atoms with Gasteiger partial charge in [-0.15, -0.1) is 0 Å². The van der Waals surface area contributed by atoms with Crippen LogP contribution >= 0.6 is 0 Å². The van der Waals surface area contributed by atoms with Crippen LogP contribution in [0.25, 0.3) is 0 Å². The van der Waals surface area contributed by atoms with Crippen molar-refractivity contribution in [2.75, 3.05) is 5.73 Å². The third-order valence-electron chi connectivity index (χ3n) is 1.51. The molecule has 12 heavy (non-hydrogen) atoms. The summed E-state index contributed by atoms with van der Waals surface area (Å²) in [6.45, 7) is 5.71. The molecule has 0 aromatic carbocycles. The first-order chi connectivity index (χ1) is 5.43. The van der Waals surface area contributed by atoms with Crippen molar-refractivity contribution in [2.45, 2.75) is 26.3 Å². The van der Waals surface area contributed by atoms with Gasteiger partial charge < -0.3 is 5.73 Å². The maximum Gasteiger partial charge on any atom is 0.290 e. The van der Waals surface area contributed by atoms with Crippen molar-refractivity contribution in [3.05, 3.63) is 22.6 Å². The van der Waals surface area contributed by atoms with E-state index < -0.39 is 0 Å². The number of anilines is 1. The highest BCUT2D eigenvalue weighted by Gasteiger charge is 2.16. The van der Waals surface area contributed by atoms with E-state index in [1.54, 1.807) is 0 Å². The molecule has 66 valence electrons. The fraction of sp³-hybridized carbons (Fsp3) is 0.500. The number of hydrogen-bond donors (Lipinski definition) is 1. The molecule has 0 spiro atoms. The van der Waals surface area contributed by atoms with E-state index in [9.17, 15) is 4.79 Å². The average Bonchev–Trinajstić information content (AvgIpc) is 1.92. The smallest absolute Gasteiger partial charge is 0.290 e. The molecule has 0 saturated heterocycles. The molecule has 1 rings (SSSR count). The van der Waals surface area contributed by atoms with Gasteiger partial charge in [0, 0.05) is 6.20 Å². The van der Waals surface area contributed by atoms with E-state index in [1.165, 1.54) is 16.9 Å². The topological polar surface area (TPSA) is 60.9 Å². The predicted octanol–water partition coefficient (Wildman–Crippen LogP) is 0.581. The van der Waals surface area contributed by atoms with Gasteiger partial charge in [0.1, 0.15) is 5.69 Å². The monoisotopic (exact) mass is 167 g/mol. The Hall–Kier alpha value is -1.32. The molecule has 0 radical (unpaired) electrons. The summed E-state index contributed by atoms with van der Waals surface area (Å²) in [6, 6.07) is 1.50. The minimum Gasteiger partial charge on any atom is -0.394 e. The molecule has 0 aliphatic carbocycles. The van der Waals surface area contributed by atoms with Crippen LogP contribution in [-0.4, -0.2) is 9.78 Å². The molecule has 4 nitrogen and oxygen atoms in total. The molecule has 0 fully saturated rings. The van der Waals surface area contributed by atoms with E-state index in [4.69, 9.17) is 5.73 Å². The Morgan fingerprint density at radius 1 is 1.50 bits per heavy atom. The third kappa shape index (κ3) is 1.47. The summed E-state index contributed by atoms with van der Waals surface area (Å²) < 4.78 is 1.38. The Morgan fingerprint density at radius 3 is 2.50 bits per heavy atom. The van der Waals surface area contributed by atoms with Crippen LogP contribution in [0.5, 0.6) is 0 Å². The lowest BCUT2D eigenvalue weighted by atomic mass is 10.1. The zero-order chi connectivity index (χ0) is 9.35. The highest BCUT2D eigenvalue weighted by atomic mass is 16.1. The Labute approximate surface area is 71.0 Å². The standard InChI is InChI=1S/C8H13N3O/c1-8(2,3)11-7(12)6(9)4-5-10-11/h4-5H,9H2,1-3H3. The average molecular weight is 167 g/mol. The SMILES string of the molecule is CC(C)(C)n1nccc(N)c1=O. The summed E-state index contributed by atoms with van der Waals surface area (Å²) in [4.78, 5) is 11.4. The van der Waals surface area contributed by atoms with Crippen molar-refractivity contribution in [1.82, 2.24) is 9.78 Å². The Morgan fingerprint density at radius 2 is 2.08 bits per heavy atom. The van der Waals surface area contributed by atoms with Gasteiger partial charge in [0.15, 0.2) is 0 Å². The van der Waals surface area contributed by atoms with E-state index in [-0.39, 0.29) is 16.8 Å². The lowest BCUT2D eigenvalue weighted by Crippen LogP contribution is -2.36. The lowest BCUT2D eigenvalue weighted by molar-refractivity contribution is 0.339. The molecule has 4 heteroatoms. The van der Waals surface area contributed by atoms with Crippen molar-refractivity contribution in [3.63, 3.8) is 0 Å². The molecule has 1 aromatic heterocycles. The second-order valence-electron chi connectivity index (χ2n) is 3.67. The Kier molecular flexibility index (Phi) is 1.92. The van der Waals surface area contributed by atoms with Crippen molar-refractivity contribution in [3.8, 4) is 0 Å². The third-order valence-corrected chi connectivity index (χ3v) is 1.51. The fourth-order valence-corrected chi connectivity index (χ4v) is 0.904. The van der Waals surface area contributed by atoms with Crippen LogP contribution < -0.4 is 11.3 Å². The van der Waals surface area contributed by atoms with Crippen molar-refractivity contribution < 1.29 is 0 Å². The largest absolute Gasteiger partial charge is 0.394 e. The highest BCUT2D eigenvalue weighted by Crippen LogP contribution is 2.08. The van der Waals surface area contributed by atoms with Gasteiger partial charge in [0.05, 0.1) is 5.54 Å².